The number of aromatic nitrogens is 1. The molecule has 2 aromatic carbocycles. The van der Waals surface area contributed by atoms with Crippen LogP contribution >= 0.6 is 11.9 Å². The molecule has 0 saturated heterocycles. The monoisotopic (exact) mass is 339 g/mol. The first-order valence-electron chi connectivity index (χ1n) is 7.15. The third-order valence-corrected chi connectivity index (χ3v) is 4.22. The fraction of sp³-hybridized carbons (Fsp3) is 0.0556. The van der Waals surface area contributed by atoms with E-state index in [4.69, 9.17) is 10.00 Å². The number of anilines is 1. The van der Waals surface area contributed by atoms with Crippen molar-refractivity contribution in [3.8, 4) is 23.1 Å². The van der Waals surface area contributed by atoms with E-state index in [9.17, 15) is 4.39 Å². The van der Waals surface area contributed by atoms with Crippen LogP contribution in [0.5, 0.6) is 5.75 Å². The van der Waals surface area contributed by atoms with Gasteiger partial charge in [-0.05, 0) is 48.3 Å². The zero-order valence-corrected chi connectivity index (χ0v) is 13.7. The van der Waals surface area contributed by atoms with Gasteiger partial charge in [0.2, 0.25) is 0 Å². The molecule has 0 unspecified atom stereocenters. The molecule has 0 atom stereocenters. The third-order valence-electron chi connectivity index (χ3n) is 3.43. The van der Waals surface area contributed by atoms with E-state index in [1.54, 1.807) is 19.2 Å². The molecule has 0 aliphatic carbocycles. The quantitative estimate of drug-likeness (QED) is 0.654. The van der Waals surface area contributed by atoms with E-state index in [1.807, 2.05) is 42.6 Å². The molecule has 1 heterocycles. The van der Waals surface area contributed by atoms with Crippen molar-refractivity contribution in [1.29, 1.82) is 5.26 Å². The van der Waals surface area contributed by atoms with Crippen LogP contribution in [0.25, 0.3) is 11.3 Å². The highest BCUT2D eigenvalue weighted by molar-refractivity contribution is 8.00. The first-order valence-corrected chi connectivity index (χ1v) is 7.97. The molecule has 6 heteroatoms. The van der Waals surface area contributed by atoms with Crippen LogP contribution in [0.3, 0.4) is 0 Å². The van der Waals surface area contributed by atoms with Gasteiger partial charge in [0, 0.05) is 16.7 Å². The Morgan fingerprint density at radius 3 is 2.79 bits per heavy atom. The number of nitrogens with one attached hydrogen (secondary N) is 2. The standard InChI is InChI=1S/C18H14FN3OS/c1-23-18-5-3-2-4-14(18)17-9-13(11-21-17)24-22-16-7-6-12(10-20)8-15(16)19/h2-9,11,21-22H,1H3. The summed E-state index contributed by atoms with van der Waals surface area (Å²) in [5.74, 6) is 0.323. The lowest BCUT2D eigenvalue weighted by molar-refractivity contribution is 0.416. The topological polar surface area (TPSA) is 60.8 Å². The minimum absolute atomic E-state index is 0.295. The average molecular weight is 339 g/mol. The van der Waals surface area contributed by atoms with E-state index >= 15 is 0 Å². The predicted molar refractivity (Wildman–Crippen MR) is 93.4 cm³/mol. The number of halogens is 1. The Bertz CT molecular complexity index is 901. The van der Waals surface area contributed by atoms with Gasteiger partial charge in [-0.1, -0.05) is 12.1 Å². The molecule has 0 bridgehead atoms. The van der Waals surface area contributed by atoms with Gasteiger partial charge in [0.15, 0.2) is 0 Å². The Kier molecular flexibility index (Phi) is 4.73. The molecule has 0 amide bonds. The number of nitriles is 1. The van der Waals surface area contributed by atoms with Gasteiger partial charge in [-0.3, -0.25) is 0 Å². The number of nitrogens with zero attached hydrogens (tertiary/aromatic N) is 1. The number of benzene rings is 2. The fourth-order valence-electron chi connectivity index (χ4n) is 2.24. The van der Waals surface area contributed by atoms with Gasteiger partial charge in [-0.25, -0.2) is 4.39 Å². The fourth-order valence-corrected chi connectivity index (χ4v) is 2.93. The van der Waals surface area contributed by atoms with E-state index in [0.29, 0.717) is 11.3 Å². The Hall–Kier alpha value is -2.91. The summed E-state index contributed by atoms with van der Waals surface area (Å²) in [5, 5.41) is 8.76. The summed E-state index contributed by atoms with van der Waals surface area (Å²) in [6, 6.07) is 15.9. The largest absolute Gasteiger partial charge is 0.496 e. The molecule has 2 N–H and O–H groups in total. The van der Waals surface area contributed by atoms with Gasteiger partial charge in [-0.2, -0.15) is 5.26 Å². The molecule has 24 heavy (non-hydrogen) atoms. The molecule has 0 radical (unpaired) electrons. The zero-order chi connectivity index (χ0) is 16.9. The zero-order valence-electron chi connectivity index (χ0n) is 12.8. The van der Waals surface area contributed by atoms with Crippen molar-refractivity contribution in [3.63, 3.8) is 0 Å². The number of aromatic amines is 1. The predicted octanol–water partition coefficient (Wildman–Crippen LogP) is 4.82. The summed E-state index contributed by atoms with van der Waals surface area (Å²) in [7, 11) is 1.63. The SMILES string of the molecule is COc1ccccc1-c1cc(SNc2ccc(C#N)cc2F)c[nH]1. The maximum absolute atomic E-state index is 13.9. The molecule has 3 aromatic rings. The van der Waals surface area contributed by atoms with Gasteiger partial charge in [0.1, 0.15) is 11.6 Å². The lowest BCUT2D eigenvalue weighted by atomic mass is 10.1. The molecular weight excluding hydrogens is 325 g/mol. The highest BCUT2D eigenvalue weighted by Crippen LogP contribution is 2.32. The van der Waals surface area contributed by atoms with E-state index in [0.717, 1.165) is 21.9 Å². The summed E-state index contributed by atoms with van der Waals surface area (Å²) in [6.07, 6.45) is 1.83. The lowest BCUT2D eigenvalue weighted by Gasteiger charge is -2.06. The molecule has 0 spiro atoms. The maximum Gasteiger partial charge on any atom is 0.148 e. The van der Waals surface area contributed by atoms with Gasteiger partial charge in [0.25, 0.3) is 0 Å². The minimum atomic E-state index is -0.456. The van der Waals surface area contributed by atoms with E-state index < -0.39 is 5.82 Å². The maximum atomic E-state index is 13.9. The van der Waals surface area contributed by atoms with Crippen molar-refractivity contribution in [2.45, 2.75) is 4.90 Å². The van der Waals surface area contributed by atoms with Crippen molar-refractivity contribution in [2.24, 2.45) is 0 Å². The second-order valence-electron chi connectivity index (χ2n) is 4.96. The summed E-state index contributed by atoms with van der Waals surface area (Å²) in [5.41, 5.74) is 2.50. The molecule has 0 aliphatic heterocycles. The second-order valence-corrected chi connectivity index (χ2v) is 5.84. The molecular formula is C18H14FN3OS. The summed E-state index contributed by atoms with van der Waals surface area (Å²) < 4.78 is 22.2. The van der Waals surface area contributed by atoms with Crippen LogP contribution < -0.4 is 9.46 Å². The normalized spacial score (nSPS) is 10.2. The number of ether oxygens (including phenoxy) is 1. The second kappa shape index (κ2) is 7.11. The highest BCUT2D eigenvalue weighted by Gasteiger charge is 2.09. The Morgan fingerprint density at radius 2 is 2.04 bits per heavy atom. The molecule has 1 aromatic heterocycles. The highest BCUT2D eigenvalue weighted by atomic mass is 32.2. The van der Waals surface area contributed by atoms with Crippen molar-refractivity contribution in [1.82, 2.24) is 4.98 Å². The molecule has 4 nitrogen and oxygen atoms in total. The van der Waals surface area contributed by atoms with Gasteiger partial charge in [-0.15, -0.1) is 0 Å². The smallest absolute Gasteiger partial charge is 0.148 e. The van der Waals surface area contributed by atoms with Crippen molar-refractivity contribution in [3.05, 3.63) is 66.1 Å². The van der Waals surface area contributed by atoms with Gasteiger partial charge < -0.3 is 14.4 Å². The van der Waals surface area contributed by atoms with E-state index in [-0.39, 0.29) is 0 Å². The number of H-pyrrole nitrogens is 1. The Labute approximate surface area is 143 Å². The number of rotatable bonds is 5. The summed E-state index contributed by atoms with van der Waals surface area (Å²) in [6.45, 7) is 0. The number of hydrogen-bond donors (Lipinski definition) is 2. The number of para-hydroxylation sites is 1. The van der Waals surface area contributed by atoms with Crippen LogP contribution in [0.2, 0.25) is 0 Å². The van der Waals surface area contributed by atoms with Crippen LogP contribution in [-0.2, 0) is 0 Å². The van der Waals surface area contributed by atoms with Crippen molar-refractivity contribution in [2.75, 3.05) is 11.8 Å². The molecule has 0 fully saturated rings. The van der Waals surface area contributed by atoms with E-state index in [2.05, 4.69) is 9.71 Å². The summed E-state index contributed by atoms with van der Waals surface area (Å²) in [4.78, 5) is 4.09. The number of methoxy groups -OCH3 is 1. The van der Waals surface area contributed by atoms with Crippen LogP contribution in [0.15, 0.2) is 59.6 Å². The summed E-state index contributed by atoms with van der Waals surface area (Å²) >= 11 is 1.29. The van der Waals surface area contributed by atoms with Gasteiger partial charge >= 0.3 is 0 Å². The Morgan fingerprint density at radius 1 is 1.21 bits per heavy atom. The van der Waals surface area contributed by atoms with Crippen LogP contribution in [0.4, 0.5) is 10.1 Å². The van der Waals surface area contributed by atoms with E-state index in [1.165, 1.54) is 18.0 Å². The van der Waals surface area contributed by atoms with Crippen LogP contribution in [0.1, 0.15) is 5.56 Å². The first-order chi connectivity index (χ1) is 11.7. The third kappa shape index (κ3) is 3.36. The van der Waals surface area contributed by atoms with Gasteiger partial charge in [0.05, 0.1) is 30.1 Å². The van der Waals surface area contributed by atoms with Crippen molar-refractivity contribution >= 4 is 17.6 Å². The lowest BCUT2D eigenvalue weighted by Crippen LogP contribution is -1.91. The van der Waals surface area contributed by atoms with Crippen LogP contribution in [0, 0.1) is 17.1 Å². The first kappa shape index (κ1) is 16.0. The van der Waals surface area contributed by atoms with Crippen LogP contribution in [-0.4, -0.2) is 12.1 Å². The Balaban J connectivity index is 1.74. The molecule has 0 aliphatic rings. The average Bonchev–Trinajstić information content (AvgIpc) is 3.09. The molecule has 120 valence electrons. The minimum Gasteiger partial charge on any atom is -0.496 e. The molecule has 0 saturated carbocycles. The molecule has 3 rings (SSSR count). The number of hydrogen-bond acceptors (Lipinski definition) is 4. The van der Waals surface area contributed by atoms with Crippen molar-refractivity contribution < 1.29 is 9.13 Å².